The van der Waals surface area contributed by atoms with Crippen molar-refractivity contribution in [1.29, 1.82) is 0 Å². The van der Waals surface area contributed by atoms with Crippen molar-refractivity contribution in [3.05, 3.63) is 113 Å². The van der Waals surface area contributed by atoms with Gasteiger partial charge in [-0.3, -0.25) is 9.69 Å². The van der Waals surface area contributed by atoms with Crippen molar-refractivity contribution in [2.45, 2.75) is 31.8 Å². The first-order chi connectivity index (χ1) is 22.0. The summed E-state index contributed by atoms with van der Waals surface area (Å²) in [5.74, 6) is 2.89. The number of amides is 1. The standard InChI is InChI=1S/C37H43N3O5/c1-42-33-14-10-26(21-35(33)44-3)16-18-38-30-12-13-31-29(23-30)17-19-40(25-37(41)39-24-27-8-6-5-7-9-27)32(31)20-28-11-15-34(43-2)36(22-28)45-4/h5-15,21-23,32,38H,16-20,24-25H2,1-4H3,(H,39,41). The maximum Gasteiger partial charge on any atom is 0.234 e. The minimum atomic E-state index is 0.0214. The first kappa shape index (κ1) is 31.7. The molecule has 1 atom stereocenters. The quantitative estimate of drug-likeness (QED) is 0.186. The summed E-state index contributed by atoms with van der Waals surface area (Å²) in [6, 6.07) is 28.8. The second-order valence-corrected chi connectivity index (χ2v) is 11.2. The van der Waals surface area contributed by atoms with E-state index >= 15 is 0 Å². The molecule has 2 N–H and O–H groups in total. The van der Waals surface area contributed by atoms with Crippen molar-refractivity contribution >= 4 is 11.6 Å². The second kappa shape index (κ2) is 15.3. The maximum atomic E-state index is 13.1. The highest BCUT2D eigenvalue weighted by atomic mass is 16.5. The second-order valence-electron chi connectivity index (χ2n) is 11.2. The molecule has 8 heteroatoms. The Labute approximate surface area is 266 Å². The Balaban J connectivity index is 1.31. The highest BCUT2D eigenvalue weighted by Gasteiger charge is 2.29. The fraction of sp³-hybridized carbons (Fsp3) is 0.324. The first-order valence-corrected chi connectivity index (χ1v) is 15.3. The van der Waals surface area contributed by atoms with Gasteiger partial charge in [0.05, 0.1) is 35.0 Å². The normalized spacial score (nSPS) is 14.3. The van der Waals surface area contributed by atoms with Gasteiger partial charge >= 0.3 is 0 Å². The number of nitrogens with one attached hydrogen (secondary N) is 2. The van der Waals surface area contributed by atoms with Gasteiger partial charge in [0.15, 0.2) is 23.0 Å². The van der Waals surface area contributed by atoms with Gasteiger partial charge in [-0.1, -0.05) is 48.5 Å². The van der Waals surface area contributed by atoms with Crippen LogP contribution in [0.3, 0.4) is 0 Å². The number of rotatable bonds is 14. The van der Waals surface area contributed by atoms with E-state index in [0.29, 0.717) is 24.6 Å². The molecule has 0 saturated carbocycles. The van der Waals surface area contributed by atoms with Crippen molar-refractivity contribution in [3.8, 4) is 23.0 Å². The van der Waals surface area contributed by atoms with Crippen LogP contribution in [-0.4, -0.2) is 58.9 Å². The summed E-state index contributed by atoms with van der Waals surface area (Å²) in [6.07, 6.45) is 2.46. The smallest absolute Gasteiger partial charge is 0.234 e. The van der Waals surface area contributed by atoms with Gasteiger partial charge in [-0.2, -0.15) is 0 Å². The lowest BCUT2D eigenvalue weighted by Crippen LogP contribution is -2.43. The topological polar surface area (TPSA) is 81.3 Å². The zero-order valence-electron chi connectivity index (χ0n) is 26.6. The van der Waals surface area contributed by atoms with Gasteiger partial charge in [0.2, 0.25) is 5.91 Å². The predicted octanol–water partition coefficient (Wildman–Crippen LogP) is 5.83. The van der Waals surface area contributed by atoms with Crippen molar-refractivity contribution in [1.82, 2.24) is 10.2 Å². The molecule has 0 radical (unpaired) electrons. The van der Waals surface area contributed by atoms with Crippen LogP contribution >= 0.6 is 0 Å². The van der Waals surface area contributed by atoms with Crippen LogP contribution < -0.4 is 29.6 Å². The molecule has 45 heavy (non-hydrogen) atoms. The van der Waals surface area contributed by atoms with Crippen LogP contribution in [0.1, 0.15) is 33.9 Å². The average Bonchev–Trinajstić information content (AvgIpc) is 3.08. The molecule has 236 valence electrons. The van der Waals surface area contributed by atoms with E-state index in [4.69, 9.17) is 18.9 Å². The summed E-state index contributed by atoms with van der Waals surface area (Å²) in [4.78, 5) is 15.4. The van der Waals surface area contributed by atoms with Crippen molar-refractivity contribution in [2.24, 2.45) is 0 Å². The zero-order valence-corrected chi connectivity index (χ0v) is 26.6. The number of nitrogens with zero attached hydrogens (tertiary/aromatic N) is 1. The Hall–Kier alpha value is -4.69. The Morgan fingerprint density at radius 2 is 1.42 bits per heavy atom. The van der Waals surface area contributed by atoms with Crippen molar-refractivity contribution < 1.29 is 23.7 Å². The lowest BCUT2D eigenvalue weighted by atomic mass is 9.88. The summed E-state index contributed by atoms with van der Waals surface area (Å²) in [5.41, 5.74) is 7.03. The zero-order chi connectivity index (χ0) is 31.6. The van der Waals surface area contributed by atoms with Crippen LogP contribution in [0.25, 0.3) is 0 Å². The van der Waals surface area contributed by atoms with Crippen molar-refractivity contribution in [3.63, 3.8) is 0 Å². The number of fused-ring (bicyclic) bond motifs is 1. The summed E-state index contributed by atoms with van der Waals surface area (Å²) < 4.78 is 21.9. The molecule has 4 aromatic rings. The molecule has 0 aromatic heterocycles. The molecule has 8 nitrogen and oxygen atoms in total. The molecule has 0 bridgehead atoms. The molecule has 1 aliphatic rings. The van der Waals surface area contributed by atoms with E-state index in [1.165, 1.54) is 16.7 Å². The molecular formula is C37H43N3O5. The monoisotopic (exact) mass is 609 g/mol. The Bertz CT molecular complexity index is 1580. The number of hydrogen-bond donors (Lipinski definition) is 2. The van der Waals surface area contributed by atoms with Gasteiger partial charge in [-0.25, -0.2) is 0 Å². The van der Waals surface area contributed by atoms with Gasteiger partial charge in [0, 0.05) is 31.4 Å². The fourth-order valence-corrected chi connectivity index (χ4v) is 5.96. The van der Waals surface area contributed by atoms with Crippen LogP contribution in [0.15, 0.2) is 84.9 Å². The molecule has 5 rings (SSSR count). The molecule has 1 amide bonds. The van der Waals surface area contributed by atoms with E-state index in [0.717, 1.165) is 60.7 Å². The minimum absolute atomic E-state index is 0.0214. The van der Waals surface area contributed by atoms with E-state index in [1.54, 1.807) is 28.4 Å². The van der Waals surface area contributed by atoms with E-state index in [2.05, 4.69) is 45.9 Å². The number of ether oxygens (including phenoxy) is 4. The molecule has 1 heterocycles. The van der Waals surface area contributed by atoms with E-state index < -0.39 is 0 Å². The number of anilines is 1. The average molecular weight is 610 g/mol. The summed E-state index contributed by atoms with van der Waals surface area (Å²) in [6.45, 7) is 2.42. The molecule has 4 aromatic carbocycles. The molecule has 0 spiro atoms. The lowest BCUT2D eigenvalue weighted by molar-refractivity contribution is -0.123. The Morgan fingerprint density at radius 3 is 2.11 bits per heavy atom. The van der Waals surface area contributed by atoms with Gasteiger partial charge < -0.3 is 29.6 Å². The number of methoxy groups -OCH3 is 4. The van der Waals surface area contributed by atoms with Crippen LogP contribution in [0.2, 0.25) is 0 Å². The van der Waals surface area contributed by atoms with Crippen LogP contribution in [0, 0.1) is 0 Å². The van der Waals surface area contributed by atoms with Crippen LogP contribution in [0.4, 0.5) is 5.69 Å². The molecule has 1 unspecified atom stereocenters. The molecule has 0 saturated heterocycles. The third-order valence-corrected chi connectivity index (χ3v) is 8.36. The van der Waals surface area contributed by atoms with Gasteiger partial charge in [-0.05, 0) is 83.5 Å². The van der Waals surface area contributed by atoms with E-state index in [9.17, 15) is 4.79 Å². The predicted molar refractivity (Wildman–Crippen MR) is 178 cm³/mol. The van der Waals surface area contributed by atoms with E-state index in [1.807, 2.05) is 54.6 Å². The molecular weight excluding hydrogens is 566 g/mol. The number of carbonyl (C=O) groups is 1. The highest BCUT2D eigenvalue weighted by molar-refractivity contribution is 5.78. The highest BCUT2D eigenvalue weighted by Crippen LogP contribution is 2.36. The summed E-state index contributed by atoms with van der Waals surface area (Å²) in [7, 11) is 6.60. The SMILES string of the molecule is COc1ccc(CCNc2ccc3c(c2)CCN(CC(=O)NCc2ccccc2)C3Cc2ccc(OC)c(OC)c2)cc1OC. The third kappa shape index (κ3) is 8.08. The minimum Gasteiger partial charge on any atom is -0.493 e. The first-order valence-electron chi connectivity index (χ1n) is 15.3. The van der Waals surface area contributed by atoms with Crippen LogP contribution in [-0.2, 0) is 30.6 Å². The summed E-state index contributed by atoms with van der Waals surface area (Å²) in [5, 5.41) is 6.70. The number of carbonyl (C=O) groups excluding carboxylic acids is 1. The van der Waals surface area contributed by atoms with E-state index in [-0.39, 0.29) is 11.9 Å². The number of benzene rings is 4. The maximum absolute atomic E-state index is 13.1. The Kier molecular flexibility index (Phi) is 10.8. The molecule has 1 aliphatic heterocycles. The van der Waals surface area contributed by atoms with Gasteiger partial charge in [-0.15, -0.1) is 0 Å². The van der Waals surface area contributed by atoms with Gasteiger partial charge in [0.1, 0.15) is 0 Å². The van der Waals surface area contributed by atoms with Crippen molar-refractivity contribution in [2.75, 3.05) is 53.4 Å². The largest absolute Gasteiger partial charge is 0.493 e. The Morgan fingerprint density at radius 1 is 0.756 bits per heavy atom. The third-order valence-electron chi connectivity index (χ3n) is 8.36. The van der Waals surface area contributed by atoms with Crippen LogP contribution in [0.5, 0.6) is 23.0 Å². The molecule has 0 fully saturated rings. The fourth-order valence-electron chi connectivity index (χ4n) is 5.96. The number of hydrogen-bond acceptors (Lipinski definition) is 7. The summed E-state index contributed by atoms with van der Waals surface area (Å²) >= 11 is 0. The lowest BCUT2D eigenvalue weighted by Gasteiger charge is -2.37. The van der Waals surface area contributed by atoms with Gasteiger partial charge in [0.25, 0.3) is 0 Å². The molecule has 0 aliphatic carbocycles.